The zero-order chi connectivity index (χ0) is 19.4. The monoisotopic (exact) mass is 370 g/mol. The molecule has 0 bridgehead atoms. The Balaban J connectivity index is 1.77. The summed E-state index contributed by atoms with van der Waals surface area (Å²) in [6.07, 6.45) is 6.27. The van der Waals surface area contributed by atoms with Gasteiger partial charge in [0, 0.05) is 45.1 Å². The molecule has 1 aliphatic heterocycles. The van der Waals surface area contributed by atoms with Crippen LogP contribution in [0.1, 0.15) is 69.9 Å². The molecule has 3 rings (SSSR count). The molecule has 0 radical (unpaired) electrons. The van der Waals surface area contributed by atoms with E-state index in [0.29, 0.717) is 23.8 Å². The summed E-state index contributed by atoms with van der Waals surface area (Å²) in [5.41, 5.74) is 2.77. The molecule has 2 unspecified atom stereocenters. The Bertz CT molecular complexity index is 603. The lowest BCUT2D eigenvalue weighted by atomic mass is 9.87. The van der Waals surface area contributed by atoms with Crippen LogP contribution in [0.2, 0.25) is 0 Å². The summed E-state index contributed by atoms with van der Waals surface area (Å²) in [5.74, 6) is 2.03. The number of rotatable bonds is 6. The van der Waals surface area contributed by atoms with Crippen molar-refractivity contribution in [2.75, 3.05) is 26.2 Å². The van der Waals surface area contributed by atoms with E-state index >= 15 is 0 Å². The molecule has 0 N–H and O–H groups in total. The van der Waals surface area contributed by atoms with Crippen molar-refractivity contribution in [3.05, 3.63) is 35.4 Å². The van der Waals surface area contributed by atoms with Crippen LogP contribution in [0.4, 0.5) is 0 Å². The Hall–Kier alpha value is -1.35. The van der Waals surface area contributed by atoms with Crippen molar-refractivity contribution < 1.29 is 4.79 Å². The predicted octanol–water partition coefficient (Wildman–Crippen LogP) is 4.85. The molecule has 1 amide bonds. The molecule has 1 aromatic carbocycles. The Labute approximate surface area is 166 Å². The van der Waals surface area contributed by atoms with Crippen LogP contribution >= 0.6 is 0 Å². The summed E-state index contributed by atoms with van der Waals surface area (Å²) in [5, 5.41) is 0. The molecule has 0 spiro atoms. The molecule has 2 atom stereocenters. The standard InChI is InChI=1S/C24H38N2O/c1-18(2)14-25-15-22(24(17-25)21-12-10-19(3)11-13-21)16-26(20(4)27)23-8-6-5-7-9-23/h10-13,18,22-24H,5-9,14-17H2,1-4H3. The highest BCUT2D eigenvalue weighted by Crippen LogP contribution is 2.35. The number of hydrogen-bond acceptors (Lipinski definition) is 2. The van der Waals surface area contributed by atoms with Gasteiger partial charge in [-0.25, -0.2) is 0 Å². The third-order valence-electron chi connectivity index (χ3n) is 6.50. The number of amides is 1. The Morgan fingerprint density at radius 3 is 2.37 bits per heavy atom. The van der Waals surface area contributed by atoms with E-state index in [0.717, 1.165) is 26.2 Å². The molecule has 1 saturated carbocycles. The Morgan fingerprint density at radius 1 is 1.11 bits per heavy atom. The van der Waals surface area contributed by atoms with E-state index in [-0.39, 0.29) is 5.91 Å². The van der Waals surface area contributed by atoms with Gasteiger partial charge in [-0.15, -0.1) is 0 Å². The van der Waals surface area contributed by atoms with Gasteiger partial charge in [0.2, 0.25) is 5.91 Å². The summed E-state index contributed by atoms with van der Waals surface area (Å²) in [6.45, 7) is 12.9. The van der Waals surface area contributed by atoms with E-state index in [2.05, 4.69) is 54.8 Å². The van der Waals surface area contributed by atoms with Crippen molar-refractivity contribution in [1.29, 1.82) is 0 Å². The van der Waals surface area contributed by atoms with Crippen LogP contribution in [0.5, 0.6) is 0 Å². The molecule has 0 aromatic heterocycles. The zero-order valence-corrected chi connectivity index (χ0v) is 17.8. The average molecular weight is 371 g/mol. The van der Waals surface area contributed by atoms with E-state index < -0.39 is 0 Å². The quantitative estimate of drug-likeness (QED) is 0.715. The second-order valence-electron chi connectivity index (χ2n) is 9.35. The average Bonchev–Trinajstić information content (AvgIpc) is 3.02. The van der Waals surface area contributed by atoms with E-state index in [4.69, 9.17) is 0 Å². The number of aryl methyl sites for hydroxylation is 1. The molecule has 1 aromatic rings. The van der Waals surface area contributed by atoms with Crippen molar-refractivity contribution in [3.63, 3.8) is 0 Å². The molecule has 2 aliphatic rings. The minimum absolute atomic E-state index is 0.270. The van der Waals surface area contributed by atoms with E-state index in [9.17, 15) is 4.79 Å². The number of nitrogens with zero attached hydrogens (tertiary/aromatic N) is 2. The van der Waals surface area contributed by atoms with E-state index in [1.807, 2.05) is 0 Å². The molecule has 27 heavy (non-hydrogen) atoms. The summed E-state index contributed by atoms with van der Waals surface area (Å²) < 4.78 is 0. The van der Waals surface area contributed by atoms with Crippen LogP contribution < -0.4 is 0 Å². The first kappa shape index (κ1) is 20.4. The van der Waals surface area contributed by atoms with Gasteiger partial charge < -0.3 is 9.80 Å². The summed E-state index contributed by atoms with van der Waals surface area (Å²) in [4.78, 5) is 17.3. The summed E-state index contributed by atoms with van der Waals surface area (Å²) in [6, 6.07) is 9.56. The normalized spacial score (nSPS) is 24.5. The van der Waals surface area contributed by atoms with Crippen molar-refractivity contribution in [2.24, 2.45) is 11.8 Å². The Morgan fingerprint density at radius 2 is 1.78 bits per heavy atom. The topological polar surface area (TPSA) is 23.6 Å². The van der Waals surface area contributed by atoms with Gasteiger partial charge in [0.05, 0.1) is 0 Å². The van der Waals surface area contributed by atoms with Crippen LogP contribution in [0, 0.1) is 18.8 Å². The first-order valence-electron chi connectivity index (χ1n) is 11.0. The molecule has 3 nitrogen and oxygen atoms in total. The number of hydrogen-bond donors (Lipinski definition) is 0. The van der Waals surface area contributed by atoms with Gasteiger partial charge in [-0.2, -0.15) is 0 Å². The summed E-state index contributed by atoms with van der Waals surface area (Å²) >= 11 is 0. The van der Waals surface area contributed by atoms with Gasteiger partial charge in [-0.1, -0.05) is 62.9 Å². The largest absolute Gasteiger partial charge is 0.340 e. The highest BCUT2D eigenvalue weighted by molar-refractivity contribution is 5.73. The van der Waals surface area contributed by atoms with E-state index in [1.165, 1.54) is 43.2 Å². The Kier molecular flexibility index (Phi) is 6.97. The second kappa shape index (κ2) is 9.23. The van der Waals surface area contributed by atoms with Gasteiger partial charge in [-0.05, 0) is 37.2 Å². The molecule has 150 valence electrons. The number of likely N-dealkylation sites (tertiary alicyclic amines) is 1. The van der Waals surface area contributed by atoms with Crippen LogP contribution in [-0.4, -0.2) is 47.9 Å². The fourth-order valence-electron chi connectivity index (χ4n) is 5.18. The first-order chi connectivity index (χ1) is 12.9. The van der Waals surface area contributed by atoms with Crippen LogP contribution in [0.25, 0.3) is 0 Å². The van der Waals surface area contributed by atoms with Crippen molar-refractivity contribution in [3.8, 4) is 0 Å². The molecule has 3 heteroatoms. The minimum Gasteiger partial charge on any atom is -0.340 e. The maximum atomic E-state index is 12.5. The third kappa shape index (κ3) is 5.34. The number of carbonyl (C=O) groups excluding carboxylic acids is 1. The third-order valence-corrected chi connectivity index (χ3v) is 6.50. The minimum atomic E-state index is 0.270. The SMILES string of the molecule is CC(=O)N(CC1CN(CC(C)C)CC1c1ccc(C)cc1)C1CCCCC1. The fourth-order valence-corrected chi connectivity index (χ4v) is 5.18. The van der Waals surface area contributed by atoms with Gasteiger partial charge >= 0.3 is 0 Å². The maximum Gasteiger partial charge on any atom is 0.219 e. The van der Waals surface area contributed by atoms with Crippen LogP contribution in [0.15, 0.2) is 24.3 Å². The lowest BCUT2D eigenvalue weighted by Crippen LogP contribution is -2.44. The van der Waals surface area contributed by atoms with Crippen LogP contribution in [0.3, 0.4) is 0 Å². The second-order valence-corrected chi connectivity index (χ2v) is 9.35. The molecular formula is C24H38N2O. The zero-order valence-electron chi connectivity index (χ0n) is 17.8. The van der Waals surface area contributed by atoms with Gasteiger partial charge in [-0.3, -0.25) is 4.79 Å². The molecule has 1 saturated heterocycles. The molecule has 1 aliphatic carbocycles. The van der Waals surface area contributed by atoms with Crippen LogP contribution in [-0.2, 0) is 4.79 Å². The first-order valence-corrected chi connectivity index (χ1v) is 11.0. The fraction of sp³-hybridized carbons (Fsp3) is 0.708. The number of benzene rings is 1. The van der Waals surface area contributed by atoms with Gasteiger partial charge in [0.15, 0.2) is 0 Å². The van der Waals surface area contributed by atoms with Crippen molar-refractivity contribution in [2.45, 2.75) is 71.8 Å². The van der Waals surface area contributed by atoms with E-state index in [1.54, 1.807) is 6.92 Å². The van der Waals surface area contributed by atoms with Gasteiger partial charge in [0.25, 0.3) is 0 Å². The summed E-state index contributed by atoms with van der Waals surface area (Å²) in [7, 11) is 0. The number of carbonyl (C=O) groups is 1. The highest BCUT2D eigenvalue weighted by atomic mass is 16.2. The van der Waals surface area contributed by atoms with Crippen molar-refractivity contribution >= 4 is 5.91 Å². The van der Waals surface area contributed by atoms with Crippen molar-refractivity contribution in [1.82, 2.24) is 9.80 Å². The van der Waals surface area contributed by atoms with Gasteiger partial charge in [0.1, 0.15) is 0 Å². The molecule has 1 heterocycles. The smallest absolute Gasteiger partial charge is 0.219 e. The predicted molar refractivity (Wildman–Crippen MR) is 113 cm³/mol. The molecular weight excluding hydrogens is 332 g/mol. The lowest BCUT2D eigenvalue weighted by Gasteiger charge is -2.36. The highest BCUT2D eigenvalue weighted by Gasteiger charge is 2.37. The lowest BCUT2D eigenvalue weighted by molar-refractivity contribution is -0.132. The molecule has 2 fully saturated rings. The maximum absolute atomic E-state index is 12.5.